The van der Waals surface area contributed by atoms with Crippen molar-refractivity contribution in [3.05, 3.63) is 46.2 Å². The highest BCUT2D eigenvalue weighted by Crippen LogP contribution is 2.23. The van der Waals surface area contributed by atoms with Crippen LogP contribution in [-0.4, -0.2) is 28.8 Å². The van der Waals surface area contributed by atoms with E-state index in [0.29, 0.717) is 0 Å². The molecule has 1 aliphatic rings. The van der Waals surface area contributed by atoms with Gasteiger partial charge in [-0.05, 0) is 18.9 Å². The van der Waals surface area contributed by atoms with Crippen molar-refractivity contribution in [2.24, 2.45) is 0 Å². The van der Waals surface area contributed by atoms with Crippen LogP contribution in [-0.2, 0) is 4.79 Å². The zero-order valence-corrected chi connectivity index (χ0v) is 12.7. The zero-order chi connectivity index (χ0) is 16.7. The molecule has 1 amide bonds. The molecule has 0 unspecified atom stereocenters. The van der Waals surface area contributed by atoms with Crippen LogP contribution in [0.2, 0.25) is 0 Å². The van der Waals surface area contributed by atoms with E-state index in [2.05, 4.69) is 5.32 Å². The van der Waals surface area contributed by atoms with Crippen LogP contribution >= 0.6 is 0 Å². The molecular weight excluding hydrogens is 296 g/mol. The summed E-state index contributed by atoms with van der Waals surface area (Å²) < 4.78 is 0. The molecule has 1 aliphatic heterocycles. The van der Waals surface area contributed by atoms with Crippen LogP contribution in [0.5, 0.6) is 0 Å². The molecule has 1 N–H and O–H groups in total. The van der Waals surface area contributed by atoms with Crippen molar-refractivity contribution < 1.29 is 9.72 Å². The van der Waals surface area contributed by atoms with Crippen molar-refractivity contribution in [2.75, 3.05) is 18.4 Å². The number of carbonyl (C=O) groups excluding carboxylic acids is 1. The van der Waals surface area contributed by atoms with Crippen molar-refractivity contribution in [3.63, 3.8) is 0 Å². The summed E-state index contributed by atoms with van der Waals surface area (Å²) in [5, 5.41) is 22.6. The fourth-order valence-electron chi connectivity index (χ4n) is 2.47. The molecule has 0 aromatic heterocycles. The minimum atomic E-state index is -0.633. The van der Waals surface area contributed by atoms with E-state index in [1.54, 1.807) is 12.3 Å². The molecular formula is C16H18N4O3. The number of para-hydroxylation sites is 2. The summed E-state index contributed by atoms with van der Waals surface area (Å²) in [7, 11) is 0. The highest BCUT2D eigenvalue weighted by atomic mass is 16.6. The van der Waals surface area contributed by atoms with Crippen LogP contribution in [0.4, 0.5) is 11.4 Å². The lowest BCUT2D eigenvalue weighted by Gasteiger charge is -2.17. The van der Waals surface area contributed by atoms with Crippen molar-refractivity contribution in [1.82, 2.24) is 4.90 Å². The largest absolute Gasteiger partial charge is 0.376 e. The molecule has 0 atom stereocenters. The number of nitrogens with zero attached hydrogens (tertiary/aromatic N) is 3. The molecule has 0 bridgehead atoms. The first kappa shape index (κ1) is 16.5. The molecule has 23 heavy (non-hydrogen) atoms. The van der Waals surface area contributed by atoms with Gasteiger partial charge in [0.15, 0.2) is 0 Å². The first-order valence-electron chi connectivity index (χ1n) is 7.52. The lowest BCUT2D eigenvalue weighted by molar-refractivity contribution is -0.383. The molecule has 1 fully saturated rings. The number of nitriles is 1. The predicted octanol–water partition coefficient (Wildman–Crippen LogP) is 2.82. The summed E-state index contributed by atoms with van der Waals surface area (Å²) >= 11 is 0. The summed E-state index contributed by atoms with van der Waals surface area (Å²) in [5.41, 5.74) is -0.169. The SMILES string of the molecule is N#C/C(=C/N1CCCCCC1)C(=O)Nc1ccccc1[N+](=O)[O-]. The Hall–Kier alpha value is -2.88. The number of nitro benzene ring substituents is 1. The molecule has 1 aromatic rings. The van der Waals surface area contributed by atoms with Crippen LogP contribution in [0.1, 0.15) is 25.7 Å². The van der Waals surface area contributed by atoms with E-state index in [4.69, 9.17) is 0 Å². The molecule has 0 spiro atoms. The fraction of sp³-hybridized carbons (Fsp3) is 0.375. The maximum atomic E-state index is 12.2. The van der Waals surface area contributed by atoms with Crippen molar-refractivity contribution in [2.45, 2.75) is 25.7 Å². The molecule has 2 rings (SSSR count). The standard InChI is InChI=1S/C16H18N4O3/c17-11-13(12-19-9-5-1-2-6-10-19)16(21)18-14-7-3-4-8-15(14)20(22)23/h3-4,7-8,12H,1-2,5-6,9-10H2,(H,18,21)/b13-12-. The van der Waals surface area contributed by atoms with Gasteiger partial charge in [0.2, 0.25) is 0 Å². The number of anilines is 1. The molecule has 1 heterocycles. The molecule has 0 aliphatic carbocycles. The first-order chi connectivity index (χ1) is 11.1. The summed E-state index contributed by atoms with van der Waals surface area (Å²) in [4.78, 5) is 24.6. The number of nitrogens with one attached hydrogen (secondary N) is 1. The van der Waals surface area contributed by atoms with Crippen molar-refractivity contribution in [3.8, 4) is 6.07 Å². The van der Waals surface area contributed by atoms with E-state index in [1.807, 2.05) is 11.0 Å². The quantitative estimate of drug-likeness (QED) is 0.399. The van der Waals surface area contributed by atoms with Crippen LogP contribution in [0, 0.1) is 21.4 Å². The van der Waals surface area contributed by atoms with Gasteiger partial charge in [-0.25, -0.2) is 0 Å². The predicted molar refractivity (Wildman–Crippen MR) is 85.5 cm³/mol. The second-order valence-electron chi connectivity index (χ2n) is 5.33. The van der Waals surface area contributed by atoms with Crippen LogP contribution < -0.4 is 5.32 Å². The van der Waals surface area contributed by atoms with Crippen LogP contribution in [0.15, 0.2) is 36.0 Å². The van der Waals surface area contributed by atoms with E-state index in [9.17, 15) is 20.2 Å². The summed E-state index contributed by atoms with van der Waals surface area (Å²) in [6.07, 6.45) is 5.90. The normalized spacial score (nSPS) is 15.4. The molecule has 1 aromatic carbocycles. The van der Waals surface area contributed by atoms with E-state index < -0.39 is 10.8 Å². The Morgan fingerprint density at radius 1 is 1.26 bits per heavy atom. The van der Waals surface area contributed by atoms with Gasteiger partial charge in [0.05, 0.1) is 4.92 Å². The van der Waals surface area contributed by atoms with Gasteiger partial charge < -0.3 is 10.2 Å². The topological polar surface area (TPSA) is 99.3 Å². The van der Waals surface area contributed by atoms with E-state index in [-0.39, 0.29) is 16.9 Å². The van der Waals surface area contributed by atoms with Gasteiger partial charge in [0.1, 0.15) is 17.3 Å². The smallest absolute Gasteiger partial charge is 0.292 e. The third-order valence-corrected chi connectivity index (χ3v) is 3.67. The minimum absolute atomic E-state index is 0.0509. The number of likely N-dealkylation sites (tertiary alicyclic amines) is 1. The molecule has 7 nitrogen and oxygen atoms in total. The maximum Gasteiger partial charge on any atom is 0.292 e. The minimum Gasteiger partial charge on any atom is -0.376 e. The first-order valence-corrected chi connectivity index (χ1v) is 7.52. The number of carbonyl (C=O) groups is 1. The molecule has 0 saturated carbocycles. The van der Waals surface area contributed by atoms with E-state index in [0.717, 1.165) is 38.8 Å². The Morgan fingerprint density at radius 3 is 2.52 bits per heavy atom. The average molecular weight is 314 g/mol. The third-order valence-electron chi connectivity index (χ3n) is 3.67. The molecule has 1 saturated heterocycles. The molecule has 0 radical (unpaired) electrons. The van der Waals surface area contributed by atoms with Crippen molar-refractivity contribution in [1.29, 1.82) is 5.26 Å². The highest BCUT2D eigenvalue weighted by Gasteiger charge is 2.18. The molecule has 7 heteroatoms. The van der Waals surface area contributed by atoms with Gasteiger partial charge >= 0.3 is 0 Å². The van der Waals surface area contributed by atoms with Crippen LogP contribution in [0.3, 0.4) is 0 Å². The summed E-state index contributed by atoms with van der Waals surface area (Å²) in [6.45, 7) is 1.62. The fourth-order valence-corrected chi connectivity index (χ4v) is 2.47. The van der Waals surface area contributed by atoms with E-state index >= 15 is 0 Å². The zero-order valence-electron chi connectivity index (χ0n) is 12.7. The van der Waals surface area contributed by atoms with Gasteiger partial charge in [-0.1, -0.05) is 25.0 Å². The summed E-state index contributed by atoms with van der Waals surface area (Å²) in [5.74, 6) is -0.633. The Labute approximate surface area is 134 Å². The highest BCUT2D eigenvalue weighted by molar-refractivity contribution is 6.07. The van der Waals surface area contributed by atoms with Crippen LogP contribution in [0.25, 0.3) is 0 Å². The third kappa shape index (κ3) is 4.54. The van der Waals surface area contributed by atoms with Crippen molar-refractivity contribution >= 4 is 17.3 Å². The van der Waals surface area contributed by atoms with Gasteiger partial charge in [-0.3, -0.25) is 14.9 Å². The number of benzene rings is 1. The second kappa shape index (κ2) is 7.94. The molecule has 120 valence electrons. The number of amides is 1. The van der Waals surface area contributed by atoms with E-state index in [1.165, 1.54) is 18.2 Å². The lowest BCUT2D eigenvalue weighted by atomic mass is 10.2. The van der Waals surface area contributed by atoms with Gasteiger partial charge in [-0.15, -0.1) is 0 Å². The maximum absolute atomic E-state index is 12.2. The Bertz CT molecular complexity index is 656. The van der Waals surface area contributed by atoms with Gasteiger partial charge in [0.25, 0.3) is 11.6 Å². The monoisotopic (exact) mass is 314 g/mol. The number of nitro groups is 1. The summed E-state index contributed by atoms with van der Waals surface area (Å²) in [6, 6.07) is 7.73. The Kier molecular flexibility index (Phi) is 5.69. The second-order valence-corrected chi connectivity index (χ2v) is 5.33. The lowest BCUT2D eigenvalue weighted by Crippen LogP contribution is -2.22. The average Bonchev–Trinajstić information content (AvgIpc) is 2.81. The van der Waals surface area contributed by atoms with Gasteiger partial charge in [0, 0.05) is 25.4 Å². The Morgan fingerprint density at radius 2 is 1.91 bits per heavy atom. The number of rotatable bonds is 4. The van der Waals surface area contributed by atoms with Gasteiger partial charge in [-0.2, -0.15) is 5.26 Å². The number of hydrogen-bond acceptors (Lipinski definition) is 5. The number of hydrogen-bond donors (Lipinski definition) is 1. The Balaban J connectivity index is 2.14.